The Hall–Kier alpha value is -1.21. The molecule has 0 spiro atoms. The molecule has 0 bridgehead atoms. The molecule has 20 heavy (non-hydrogen) atoms. The maximum Gasteiger partial charge on any atom is 0.441 e. The summed E-state index contributed by atoms with van der Waals surface area (Å²) in [6, 6.07) is 6.87. The van der Waals surface area contributed by atoms with E-state index in [0.29, 0.717) is 12.2 Å². The number of benzene rings is 1. The SMILES string of the molecule is CC1NCc2ccccc2N(CCSC(F)(F)F)C1=O. The number of anilines is 1. The van der Waals surface area contributed by atoms with Gasteiger partial charge in [0.05, 0.1) is 6.04 Å². The fourth-order valence-corrected chi connectivity index (χ4v) is 2.62. The average molecular weight is 304 g/mol. The normalized spacial score (nSPS) is 19.7. The molecule has 1 aliphatic rings. The van der Waals surface area contributed by atoms with E-state index in [0.717, 1.165) is 5.56 Å². The summed E-state index contributed by atoms with van der Waals surface area (Å²) < 4.78 is 36.6. The van der Waals surface area contributed by atoms with Gasteiger partial charge in [-0.05, 0) is 30.3 Å². The number of hydrogen-bond donors (Lipinski definition) is 1. The Kier molecular flexibility index (Phi) is 4.59. The van der Waals surface area contributed by atoms with Gasteiger partial charge in [-0.25, -0.2) is 0 Å². The highest BCUT2D eigenvalue weighted by molar-refractivity contribution is 8.00. The monoisotopic (exact) mass is 304 g/mol. The van der Waals surface area contributed by atoms with Crippen molar-refractivity contribution >= 4 is 23.4 Å². The van der Waals surface area contributed by atoms with Crippen molar-refractivity contribution in [3.63, 3.8) is 0 Å². The summed E-state index contributed by atoms with van der Waals surface area (Å²) in [6.07, 6.45) is 0. The first kappa shape index (κ1) is 15.2. The van der Waals surface area contributed by atoms with Gasteiger partial charge in [0.25, 0.3) is 0 Å². The van der Waals surface area contributed by atoms with Crippen LogP contribution in [0, 0.1) is 0 Å². The molecule has 1 heterocycles. The van der Waals surface area contributed by atoms with E-state index in [-0.39, 0.29) is 30.0 Å². The lowest BCUT2D eigenvalue weighted by Gasteiger charge is -2.24. The molecule has 1 amide bonds. The van der Waals surface area contributed by atoms with Crippen LogP contribution < -0.4 is 10.2 Å². The first-order valence-corrected chi connectivity index (χ1v) is 7.20. The molecule has 1 aromatic carbocycles. The number of alkyl halides is 3. The maximum absolute atomic E-state index is 12.2. The third-order valence-corrected chi connectivity index (χ3v) is 3.81. The minimum Gasteiger partial charge on any atom is -0.310 e. The van der Waals surface area contributed by atoms with E-state index < -0.39 is 11.6 Å². The van der Waals surface area contributed by atoms with Crippen LogP contribution in [0.3, 0.4) is 0 Å². The highest BCUT2D eigenvalue weighted by atomic mass is 32.2. The number of fused-ring (bicyclic) bond motifs is 1. The number of hydrogen-bond acceptors (Lipinski definition) is 3. The zero-order valence-electron chi connectivity index (χ0n) is 10.9. The van der Waals surface area contributed by atoms with Crippen LogP contribution in [-0.2, 0) is 11.3 Å². The van der Waals surface area contributed by atoms with Gasteiger partial charge in [-0.3, -0.25) is 4.79 Å². The van der Waals surface area contributed by atoms with Gasteiger partial charge in [-0.1, -0.05) is 18.2 Å². The van der Waals surface area contributed by atoms with Crippen LogP contribution in [0.15, 0.2) is 24.3 Å². The summed E-state index contributed by atoms with van der Waals surface area (Å²) in [7, 11) is 0. The molecular weight excluding hydrogens is 289 g/mol. The van der Waals surface area contributed by atoms with Gasteiger partial charge in [0, 0.05) is 24.5 Å². The molecular formula is C13H15F3N2OS. The standard InChI is InChI=1S/C13H15F3N2OS/c1-9-12(19)18(6-7-20-13(14,15)16)11-5-3-2-4-10(11)8-17-9/h2-5,9,17H,6-8H2,1H3. The second-order valence-electron chi connectivity index (χ2n) is 4.52. The van der Waals surface area contributed by atoms with E-state index in [1.807, 2.05) is 12.1 Å². The van der Waals surface area contributed by atoms with Crippen LogP contribution in [0.5, 0.6) is 0 Å². The Labute approximate surface area is 119 Å². The van der Waals surface area contributed by atoms with Gasteiger partial charge in [0.15, 0.2) is 0 Å². The third kappa shape index (κ3) is 3.67. The van der Waals surface area contributed by atoms with Crippen molar-refractivity contribution < 1.29 is 18.0 Å². The summed E-state index contributed by atoms with van der Waals surface area (Å²) in [4.78, 5) is 13.7. The van der Waals surface area contributed by atoms with Gasteiger partial charge >= 0.3 is 5.51 Å². The van der Waals surface area contributed by atoms with Crippen LogP contribution in [-0.4, -0.2) is 29.8 Å². The fraction of sp³-hybridized carbons (Fsp3) is 0.462. The largest absolute Gasteiger partial charge is 0.441 e. The summed E-state index contributed by atoms with van der Waals surface area (Å²) in [5.41, 5.74) is -2.66. The molecule has 3 nitrogen and oxygen atoms in total. The van der Waals surface area contributed by atoms with Crippen LogP contribution >= 0.6 is 11.8 Å². The molecule has 0 saturated heterocycles. The molecule has 0 saturated carbocycles. The molecule has 1 atom stereocenters. The number of carbonyl (C=O) groups is 1. The first-order chi connectivity index (χ1) is 9.38. The number of para-hydroxylation sites is 1. The molecule has 1 unspecified atom stereocenters. The van der Waals surface area contributed by atoms with E-state index in [1.54, 1.807) is 19.1 Å². The Morgan fingerprint density at radius 1 is 1.40 bits per heavy atom. The predicted octanol–water partition coefficient (Wildman–Crippen LogP) is 2.76. The second kappa shape index (κ2) is 6.05. The van der Waals surface area contributed by atoms with Crippen molar-refractivity contribution in [3.8, 4) is 0 Å². The number of thioether (sulfide) groups is 1. The lowest BCUT2D eigenvalue weighted by Crippen LogP contribution is -2.43. The molecule has 1 aromatic rings. The number of rotatable bonds is 3. The maximum atomic E-state index is 12.2. The van der Waals surface area contributed by atoms with E-state index in [2.05, 4.69) is 5.32 Å². The molecule has 0 radical (unpaired) electrons. The predicted molar refractivity (Wildman–Crippen MR) is 73.6 cm³/mol. The molecule has 0 aromatic heterocycles. The zero-order chi connectivity index (χ0) is 14.8. The van der Waals surface area contributed by atoms with Crippen LogP contribution in [0.1, 0.15) is 12.5 Å². The Balaban J connectivity index is 2.17. The number of nitrogens with zero attached hydrogens (tertiary/aromatic N) is 1. The number of halogens is 3. The smallest absolute Gasteiger partial charge is 0.310 e. The Morgan fingerprint density at radius 3 is 2.80 bits per heavy atom. The minimum atomic E-state index is -4.27. The van der Waals surface area contributed by atoms with Crippen molar-refractivity contribution in [3.05, 3.63) is 29.8 Å². The number of nitrogens with one attached hydrogen (secondary N) is 1. The Bertz CT molecular complexity index is 493. The van der Waals surface area contributed by atoms with Gasteiger partial charge in [-0.2, -0.15) is 13.2 Å². The zero-order valence-corrected chi connectivity index (χ0v) is 11.7. The minimum absolute atomic E-state index is 0.0477. The van der Waals surface area contributed by atoms with E-state index in [9.17, 15) is 18.0 Å². The summed E-state index contributed by atoms with van der Waals surface area (Å²) in [5, 5.41) is 3.07. The molecule has 2 rings (SSSR count). The number of amides is 1. The van der Waals surface area contributed by atoms with E-state index in [4.69, 9.17) is 0 Å². The Morgan fingerprint density at radius 2 is 2.10 bits per heavy atom. The summed E-state index contributed by atoms with van der Waals surface area (Å²) in [5.74, 6) is -0.367. The van der Waals surface area contributed by atoms with Gasteiger partial charge in [-0.15, -0.1) is 0 Å². The molecule has 1 aliphatic heterocycles. The third-order valence-electron chi connectivity index (χ3n) is 3.10. The van der Waals surface area contributed by atoms with E-state index >= 15 is 0 Å². The fourth-order valence-electron chi connectivity index (χ4n) is 2.11. The van der Waals surface area contributed by atoms with Crippen molar-refractivity contribution in [2.45, 2.75) is 25.0 Å². The molecule has 110 valence electrons. The molecule has 0 aliphatic carbocycles. The highest BCUT2D eigenvalue weighted by Gasteiger charge is 2.30. The summed E-state index contributed by atoms with van der Waals surface area (Å²) in [6.45, 7) is 2.30. The lowest BCUT2D eigenvalue weighted by atomic mass is 10.1. The number of carbonyl (C=O) groups excluding carboxylic acids is 1. The highest BCUT2D eigenvalue weighted by Crippen LogP contribution is 2.31. The van der Waals surface area contributed by atoms with Crippen LogP contribution in [0.25, 0.3) is 0 Å². The topological polar surface area (TPSA) is 32.3 Å². The van der Waals surface area contributed by atoms with Crippen molar-refractivity contribution in [1.29, 1.82) is 0 Å². The van der Waals surface area contributed by atoms with Crippen LogP contribution in [0.2, 0.25) is 0 Å². The van der Waals surface area contributed by atoms with Crippen molar-refractivity contribution in [2.75, 3.05) is 17.2 Å². The van der Waals surface area contributed by atoms with Crippen molar-refractivity contribution in [1.82, 2.24) is 5.32 Å². The first-order valence-electron chi connectivity index (χ1n) is 6.22. The van der Waals surface area contributed by atoms with Gasteiger partial charge in [0.1, 0.15) is 0 Å². The van der Waals surface area contributed by atoms with E-state index in [1.165, 1.54) is 4.90 Å². The lowest BCUT2D eigenvalue weighted by molar-refractivity contribution is -0.120. The van der Waals surface area contributed by atoms with Gasteiger partial charge < -0.3 is 10.2 Å². The molecule has 1 N–H and O–H groups in total. The van der Waals surface area contributed by atoms with Gasteiger partial charge in [0.2, 0.25) is 5.91 Å². The van der Waals surface area contributed by atoms with Crippen LogP contribution in [0.4, 0.5) is 18.9 Å². The van der Waals surface area contributed by atoms with Crippen molar-refractivity contribution in [2.24, 2.45) is 0 Å². The second-order valence-corrected chi connectivity index (χ2v) is 5.68. The molecule has 7 heteroatoms. The average Bonchev–Trinajstić information content (AvgIpc) is 2.50. The quantitative estimate of drug-likeness (QED) is 0.932. The summed E-state index contributed by atoms with van der Waals surface area (Å²) >= 11 is -0.102. The molecule has 0 fully saturated rings.